The van der Waals surface area contributed by atoms with Gasteiger partial charge in [-0.2, -0.15) is 35.7 Å². The van der Waals surface area contributed by atoms with Gasteiger partial charge in [0, 0.05) is 26.2 Å². The highest BCUT2D eigenvalue weighted by molar-refractivity contribution is 7.89. The van der Waals surface area contributed by atoms with Crippen molar-refractivity contribution in [3.8, 4) is 11.5 Å². The first-order valence-corrected chi connectivity index (χ1v) is 15.8. The minimum absolute atomic E-state index is 0.0278. The zero-order chi connectivity index (χ0) is 33.0. The Morgan fingerprint density at radius 2 is 1.67 bits per heavy atom. The monoisotopic (exact) mass is 685 g/mol. The molecule has 0 spiro atoms. The highest BCUT2D eigenvalue weighted by Crippen LogP contribution is 2.37. The number of rotatable bonds is 12. The second kappa shape index (κ2) is 13.9. The van der Waals surface area contributed by atoms with Crippen LogP contribution in [-0.2, 0) is 33.7 Å². The molecule has 11 nitrogen and oxygen atoms in total. The van der Waals surface area contributed by atoms with Crippen molar-refractivity contribution in [2.45, 2.75) is 31.9 Å². The van der Waals surface area contributed by atoms with E-state index in [2.05, 4.69) is 10.1 Å². The van der Waals surface area contributed by atoms with Gasteiger partial charge in [0.2, 0.25) is 10.0 Å². The van der Waals surface area contributed by atoms with E-state index in [4.69, 9.17) is 14.2 Å². The highest BCUT2D eigenvalue weighted by Gasteiger charge is 2.40. The molecular weight excluding hydrogens is 656 g/mol. The van der Waals surface area contributed by atoms with E-state index < -0.39 is 56.0 Å². The maximum atomic E-state index is 13.9. The second-order valence-electron chi connectivity index (χ2n) is 9.90. The van der Waals surface area contributed by atoms with Crippen LogP contribution in [0.4, 0.5) is 31.5 Å². The first-order chi connectivity index (χ1) is 21.1. The molecule has 1 atom stereocenters. The van der Waals surface area contributed by atoms with Gasteiger partial charge in [-0.15, -0.1) is 0 Å². The molecular formula is C26H29F6N5O6S2. The summed E-state index contributed by atoms with van der Waals surface area (Å²) in [5.74, 6) is -0.694. The Balaban J connectivity index is 1.28. The lowest BCUT2D eigenvalue weighted by molar-refractivity contribution is -0.141. The molecule has 1 fully saturated rings. The maximum Gasteiger partial charge on any atom is 0.427 e. The van der Waals surface area contributed by atoms with Crippen molar-refractivity contribution in [2.24, 2.45) is 0 Å². The number of methoxy groups -OCH3 is 1. The van der Waals surface area contributed by atoms with Crippen LogP contribution in [-0.4, -0.2) is 85.8 Å². The van der Waals surface area contributed by atoms with E-state index in [1.54, 1.807) is 29.2 Å². The number of ether oxygens (including phenoxy) is 3. The van der Waals surface area contributed by atoms with Gasteiger partial charge in [-0.05, 0) is 24.6 Å². The maximum absolute atomic E-state index is 13.9. The summed E-state index contributed by atoms with van der Waals surface area (Å²) in [6.07, 6.45) is -9.03. The van der Waals surface area contributed by atoms with Gasteiger partial charge in [-0.25, -0.2) is 18.1 Å². The number of thiazole rings is 1. The van der Waals surface area contributed by atoms with Crippen molar-refractivity contribution < 1.29 is 49.0 Å². The quantitative estimate of drug-likeness (QED) is 0.208. The van der Waals surface area contributed by atoms with Crippen molar-refractivity contribution in [3.05, 3.63) is 63.0 Å². The van der Waals surface area contributed by atoms with Gasteiger partial charge in [0.15, 0.2) is 16.4 Å². The number of nitrogens with zero attached hydrogens (tertiary/aromatic N) is 5. The van der Waals surface area contributed by atoms with Crippen LogP contribution >= 0.6 is 11.3 Å². The van der Waals surface area contributed by atoms with Gasteiger partial charge in [-0.3, -0.25) is 4.79 Å². The Hall–Kier alpha value is -3.42. The zero-order valence-electron chi connectivity index (χ0n) is 24.0. The van der Waals surface area contributed by atoms with Crippen molar-refractivity contribution >= 4 is 26.5 Å². The summed E-state index contributed by atoms with van der Waals surface area (Å²) in [6, 6.07) is 6.36. The van der Waals surface area contributed by atoms with E-state index in [1.807, 2.05) is 0 Å². The fraction of sp³-hybridized carbons (Fsp3) is 0.500. The van der Waals surface area contributed by atoms with Crippen LogP contribution in [0.1, 0.15) is 22.9 Å². The Morgan fingerprint density at radius 3 is 2.24 bits per heavy atom. The summed E-state index contributed by atoms with van der Waals surface area (Å²) in [5, 5.41) is 3.97. The normalized spacial score (nSPS) is 15.7. The number of hydrogen-bond acceptors (Lipinski definition) is 10. The molecule has 1 aliphatic heterocycles. The summed E-state index contributed by atoms with van der Waals surface area (Å²) in [4.78, 5) is 17.2. The summed E-state index contributed by atoms with van der Waals surface area (Å²) in [5.41, 5.74) is -2.41. The molecule has 45 heavy (non-hydrogen) atoms. The minimum atomic E-state index is -5.05. The summed E-state index contributed by atoms with van der Waals surface area (Å²) < 4.78 is 123. The molecule has 1 saturated heterocycles. The van der Waals surface area contributed by atoms with Gasteiger partial charge in [0.25, 0.3) is 5.56 Å². The summed E-state index contributed by atoms with van der Waals surface area (Å²) >= 11 is 0.481. The predicted molar refractivity (Wildman–Crippen MR) is 151 cm³/mol. The predicted octanol–water partition coefficient (Wildman–Crippen LogP) is 3.73. The molecule has 0 unspecified atom stereocenters. The lowest BCUT2D eigenvalue weighted by Gasteiger charge is -2.33. The highest BCUT2D eigenvalue weighted by atomic mass is 32.2. The fourth-order valence-corrected chi connectivity index (χ4v) is 6.47. The van der Waals surface area contributed by atoms with E-state index in [0.29, 0.717) is 27.3 Å². The van der Waals surface area contributed by atoms with Crippen LogP contribution in [0.25, 0.3) is 0 Å². The molecule has 3 heterocycles. The first kappa shape index (κ1) is 34.5. The van der Waals surface area contributed by atoms with Crippen LogP contribution in [0.15, 0.2) is 41.5 Å². The minimum Gasteiger partial charge on any atom is -0.497 e. The molecule has 1 aliphatic rings. The van der Waals surface area contributed by atoms with Gasteiger partial charge in [-0.1, -0.05) is 23.5 Å². The van der Waals surface area contributed by atoms with Crippen molar-refractivity contribution in [1.82, 2.24) is 19.1 Å². The van der Waals surface area contributed by atoms with E-state index in [1.165, 1.54) is 18.3 Å². The molecule has 0 saturated carbocycles. The van der Waals surface area contributed by atoms with Gasteiger partial charge in [0.1, 0.15) is 16.7 Å². The number of aromatic nitrogens is 3. The van der Waals surface area contributed by atoms with Crippen LogP contribution in [0.5, 0.6) is 11.5 Å². The average Bonchev–Trinajstić information content (AvgIpc) is 3.48. The van der Waals surface area contributed by atoms with Gasteiger partial charge in [0.05, 0.1) is 45.0 Å². The van der Waals surface area contributed by atoms with Crippen molar-refractivity contribution in [3.63, 3.8) is 0 Å². The zero-order valence-corrected chi connectivity index (χ0v) is 25.6. The van der Waals surface area contributed by atoms with Crippen LogP contribution in [0.2, 0.25) is 0 Å². The standard InChI is InChI=1S/C26H29F6N5O6S2/c1-17(43-20-13-34-37(23(38)22(20)26(30,31)32)15-18-3-5-19(41-2)6-4-18)16-42-11-12-45(39,40)36-9-7-35(8-10-36)24-33-14-21(44-24)25(27,28)29/h3-6,13-14,17H,7-12,15-16H2,1-2H3/t17-/m0/s1. The SMILES string of the molecule is COc1ccc(Cn2ncc(O[C@@H](C)COCCS(=O)(=O)N3CCN(c4ncc(C(F)(F)F)s4)CC3)c(C(F)(F)F)c2=O)cc1. The van der Waals surface area contributed by atoms with Crippen LogP contribution in [0, 0.1) is 0 Å². The number of halogens is 6. The number of hydrogen-bond donors (Lipinski definition) is 0. The molecule has 1 aromatic carbocycles. The molecule has 0 bridgehead atoms. The van der Waals surface area contributed by atoms with Crippen molar-refractivity contribution in [1.29, 1.82) is 0 Å². The largest absolute Gasteiger partial charge is 0.497 e. The molecule has 0 N–H and O–H groups in total. The lowest BCUT2D eigenvalue weighted by Crippen LogP contribution is -2.49. The molecule has 4 rings (SSSR count). The summed E-state index contributed by atoms with van der Waals surface area (Å²) in [7, 11) is -2.34. The smallest absolute Gasteiger partial charge is 0.427 e. The van der Waals surface area contributed by atoms with Crippen LogP contribution in [0.3, 0.4) is 0 Å². The number of alkyl halides is 6. The molecule has 0 radical (unpaired) electrons. The Kier molecular flexibility index (Phi) is 10.7. The van der Waals surface area contributed by atoms with E-state index >= 15 is 0 Å². The third-order valence-corrected chi connectivity index (χ3v) is 9.56. The first-order valence-electron chi connectivity index (χ1n) is 13.4. The topological polar surface area (TPSA) is 116 Å². The molecule has 0 amide bonds. The Bertz CT molecular complexity index is 1600. The molecule has 248 valence electrons. The van der Waals surface area contributed by atoms with E-state index in [0.717, 1.165) is 12.4 Å². The lowest BCUT2D eigenvalue weighted by atomic mass is 10.2. The van der Waals surface area contributed by atoms with Crippen molar-refractivity contribution in [2.75, 3.05) is 57.2 Å². The van der Waals surface area contributed by atoms with E-state index in [9.17, 15) is 39.6 Å². The van der Waals surface area contributed by atoms with Gasteiger partial charge >= 0.3 is 12.4 Å². The van der Waals surface area contributed by atoms with Crippen LogP contribution < -0.4 is 19.9 Å². The second-order valence-corrected chi connectivity index (χ2v) is 13.0. The molecule has 19 heteroatoms. The average molecular weight is 686 g/mol. The van der Waals surface area contributed by atoms with E-state index in [-0.39, 0.29) is 51.1 Å². The number of benzene rings is 1. The fourth-order valence-electron chi connectivity index (χ4n) is 4.33. The summed E-state index contributed by atoms with van der Waals surface area (Å²) in [6.45, 7) is 0.916. The molecule has 0 aliphatic carbocycles. The van der Waals surface area contributed by atoms with Gasteiger partial charge < -0.3 is 19.1 Å². The molecule has 2 aromatic heterocycles. The Morgan fingerprint density at radius 1 is 1.00 bits per heavy atom. The third-order valence-electron chi connectivity index (χ3n) is 6.63. The number of piperazine rings is 1. The number of sulfonamides is 1. The Labute approximate surface area is 258 Å². The third kappa shape index (κ3) is 8.86. The molecule has 3 aromatic rings. The number of anilines is 1.